The Bertz CT molecular complexity index is 324. The summed E-state index contributed by atoms with van der Waals surface area (Å²) >= 11 is 0. The zero-order chi connectivity index (χ0) is 12.0. The molecule has 0 radical (unpaired) electrons. The van der Waals surface area contributed by atoms with Gasteiger partial charge in [-0.15, -0.1) is 0 Å². The van der Waals surface area contributed by atoms with Gasteiger partial charge in [0.25, 0.3) is 0 Å². The van der Waals surface area contributed by atoms with Gasteiger partial charge in [0.05, 0.1) is 12.8 Å². The minimum Gasteiger partial charge on any atom is -0.480 e. The maximum absolute atomic E-state index is 5.29. The number of hydrogen-bond acceptors (Lipinski definition) is 3. The van der Waals surface area contributed by atoms with Crippen LogP contribution in [0.15, 0.2) is 6.20 Å². The maximum Gasteiger partial charge on any atom is 0.235 e. The van der Waals surface area contributed by atoms with Crippen molar-refractivity contribution < 1.29 is 4.74 Å². The Morgan fingerprint density at radius 2 is 2.12 bits per heavy atom. The van der Waals surface area contributed by atoms with Crippen LogP contribution in [0.3, 0.4) is 0 Å². The largest absolute Gasteiger partial charge is 0.480 e. The summed E-state index contributed by atoms with van der Waals surface area (Å²) in [6, 6.07) is 0. The summed E-state index contributed by atoms with van der Waals surface area (Å²) in [5, 5.41) is 0. The van der Waals surface area contributed by atoms with Gasteiger partial charge in [-0.1, -0.05) is 27.2 Å². The van der Waals surface area contributed by atoms with Crippen LogP contribution in [0.4, 0.5) is 0 Å². The molecule has 0 fully saturated rings. The molecule has 16 heavy (non-hydrogen) atoms. The molecule has 1 aromatic heterocycles. The normalized spacial score (nSPS) is 10.8. The Balaban J connectivity index is 2.79. The van der Waals surface area contributed by atoms with E-state index in [1.807, 2.05) is 6.20 Å². The van der Waals surface area contributed by atoms with E-state index in [2.05, 4.69) is 30.7 Å². The minimum absolute atomic E-state index is 0.598. The lowest BCUT2D eigenvalue weighted by atomic mass is 10.1. The van der Waals surface area contributed by atoms with Crippen LogP contribution >= 0.6 is 0 Å². The van der Waals surface area contributed by atoms with Crippen LogP contribution in [0.5, 0.6) is 5.88 Å². The number of unbranched alkanes of at least 4 members (excludes halogenated alkanes) is 1. The molecule has 0 spiro atoms. The number of methoxy groups -OCH3 is 1. The Labute approximate surface area is 98.3 Å². The van der Waals surface area contributed by atoms with Crippen molar-refractivity contribution in [3.63, 3.8) is 0 Å². The van der Waals surface area contributed by atoms with Crippen LogP contribution in [-0.4, -0.2) is 17.1 Å². The predicted octanol–water partition coefficient (Wildman–Crippen LogP) is 3.03. The summed E-state index contributed by atoms with van der Waals surface area (Å²) in [6.07, 6.45) is 6.09. The first kappa shape index (κ1) is 12.9. The molecule has 0 aliphatic rings. The van der Waals surface area contributed by atoms with Gasteiger partial charge in [-0.3, -0.25) is 4.98 Å². The van der Waals surface area contributed by atoms with E-state index in [-0.39, 0.29) is 0 Å². The van der Waals surface area contributed by atoms with E-state index < -0.39 is 0 Å². The fourth-order valence-corrected chi connectivity index (χ4v) is 1.63. The van der Waals surface area contributed by atoms with Gasteiger partial charge in [-0.05, 0) is 25.2 Å². The van der Waals surface area contributed by atoms with Gasteiger partial charge in [-0.2, -0.15) is 0 Å². The average molecular weight is 222 g/mol. The molecule has 3 nitrogen and oxygen atoms in total. The lowest BCUT2D eigenvalue weighted by Gasteiger charge is -2.09. The van der Waals surface area contributed by atoms with Crippen LogP contribution in [-0.2, 0) is 12.8 Å². The van der Waals surface area contributed by atoms with E-state index in [1.165, 1.54) is 6.42 Å². The molecule has 0 saturated heterocycles. The molecule has 0 unspecified atom stereocenters. The second-order valence-electron chi connectivity index (χ2n) is 4.52. The highest BCUT2D eigenvalue weighted by atomic mass is 16.5. The Kier molecular flexibility index (Phi) is 5.23. The second kappa shape index (κ2) is 6.46. The van der Waals surface area contributed by atoms with Crippen LogP contribution in [0.1, 0.15) is 45.0 Å². The number of aromatic nitrogens is 2. The fourth-order valence-electron chi connectivity index (χ4n) is 1.63. The Hall–Kier alpha value is -1.12. The first-order valence-corrected chi connectivity index (χ1v) is 6.06. The molecule has 0 atom stereocenters. The summed E-state index contributed by atoms with van der Waals surface area (Å²) in [4.78, 5) is 8.95. The molecular weight excluding hydrogens is 200 g/mol. The summed E-state index contributed by atoms with van der Waals surface area (Å²) < 4.78 is 5.29. The number of nitrogens with zero attached hydrogens (tertiary/aromatic N) is 2. The van der Waals surface area contributed by atoms with E-state index in [0.717, 1.165) is 30.7 Å². The first-order chi connectivity index (χ1) is 7.67. The molecule has 0 amide bonds. The summed E-state index contributed by atoms with van der Waals surface area (Å²) in [5.41, 5.74) is 2.00. The van der Waals surface area contributed by atoms with E-state index in [0.29, 0.717) is 11.8 Å². The molecule has 0 aliphatic heterocycles. The zero-order valence-corrected chi connectivity index (χ0v) is 10.8. The molecule has 1 heterocycles. The first-order valence-electron chi connectivity index (χ1n) is 6.06. The molecule has 0 bridgehead atoms. The molecule has 0 aliphatic carbocycles. The van der Waals surface area contributed by atoms with Gasteiger partial charge in [0.2, 0.25) is 5.88 Å². The standard InChI is InChI=1S/C13H22N2O/c1-5-6-7-12-13(16-4)15-11(9-14-12)8-10(2)3/h9-10H,5-8H2,1-4H3. The number of aryl methyl sites for hydroxylation is 1. The maximum atomic E-state index is 5.29. The minimum atomic E-state index is 0.598. The van der Waals surface area contributed by atoms with Crippen molar-refractivity contribution >= 4 is 0 Å². The summed E-state index contributed by atoms with van der Waals surface area (Å²) in [6.45, 7) is 6.53. The number of hydrogen-bond donors (Lipinski definition) is 0. The molecule has 0 saturated carbocycles. The Morgan fingerprint density at radius 3 is 2.69 bits per heavy atom. The molecule has 1 rings (SSSR count). The second-order valence-corrected chi connectivity index (χ2v) is 4.52. The third-order valence-corrected chi connectivity index (χ3v) is 2.44. The third kappa shape index (κ3) is 3.80. The van der Waals surface area contributed by atoms with Crippen LogP contribution < -0.4 is 4.74 Å². The molecule has 1 aromatic rings. The van der Waals surface area contributed by atoms with E-state index in [4.69, 9.17) is 4.74 Å². The highest BCUT2D eigenvalue weighted by molar-refractivity contribution is 5.20. The van der Waals surface area contributed by atoms with Gasteiger partial charge >= 0.3 is 0 Å². The van der Waals surface area contributed by atoms with E-state index >= 15 is 0 Å². The van der Waals surface area contributed by atoms with Crippen molar-refractivity contribution in [3.05, 3.63) is 17.6 Å². The Morgan fingerprint density at radius 1 is 1.38 bits per heavy atom. The van der Waals surface area contributed by atoms with Gasteiger partial charge in [0.1, 0.15) is 5.69 Å². The van der Waals surface area contributed by atoms with Crippen molar-refractivity contribution in [1.82, 2.24) is 9.97 Å². The van der Waals surface area contributed by atoms with Crippen LogP contribution in [0.25, 0.3) is 0 Å². The highest BCUT2D eigenvalue weighted by Gasteiger charge is 2.08. The van der Waals surface area contributed by atoms with Gasteiger partial charge < -0.3 is 4.74 Å². The topological polar surface area (TPSA) is 35.0 Å². The predicted molar refractivity (Wildman–Crippen MR) is 65.7 cm³/mol. The van der Waals surface area contributed by atoms with E-state index in [9.17, 15) is 0 Å². The van der Waals surface area contributed by atoms with Gasteiger partial charge in [0, 0.05) is 6.20 Å². The van der Waals surface area contributed by atoms with Crippen LogP contribution in [0.2, 0.25) is 0 Å². The van der Waals surface area contributed by atoms with Crippen molar-refractivity contribution in [2.45, 2.75) is 46.5 Å². The third-order valence-electron chi connectivity index (χ3n) is 2.44. The monoisotopic (exact) mass is 222 g/mol. The van der Waals surface area contributed by atoms with Crippen molar-refractivity contribution in [2.75, 3.05) is 7.11 Å². The van der Waals surface area contributed by atoms with Crippen LogP contribution in [0, 0.1) is 5.92 Å². The van der Waals surface area contributed by atoms with Gasteiger partial charge in [-0.25, -0.2) is 4.98 Å². The van der Waals surface area contributed by atoms with E-state index in [1.54, 1.807) is 7.11 Å². The lowest BCUT2D eigenvalue weighted by molar-refractivity contribution is 0.385. The molecule has 3 heteroatoms. The van der Waals surface area contributed by atoms with Gasteiger partial charge in [0.15, 0.2) is 0 Å². The zero-order valence-electron chi connectivity index (χ0n) is 10.8. The number of rotatable bonds is 6. The van der Waals surface area contributed by atoms with Crippen molar-refractivity contribution in [2.24, 2.45) is 5.92 Å². The molecular formula is C13H22N2O. The molecule has 90 valence electrons. The molecule has 0 aromatic carbocycles. The lowest BCUT2D eigenvalue weighted by Crippen LogP contribution is -2.04. The smallest absolute Gasteiger partial charge is 0.235 e. The van der Waals surface area contributed by atoms with Crippen molar-refractivity contribution in [1.29, 1.82) is 0 Å². The highest BCUT2D eigenvalue weighted by Crippen LogP contribution is 2.16. The number of ether oxygens (including phenoxy) is 1. The fraction of sp³-hybridized carbons (Fsp3) is 0.692. The summed E-state index contributed by atoms with van der Waals surface area (Å²) in [5.74, 6) is 1.30. The molecule has 0 N–H and O–H groups in total. The SMILES string of the molecule is CCCCc1ncc(CC(C)C)nc1OC. The average Bonchev–Trinajstić information content (AvgIpc) is 2.26. The quantitative estimate of drug-likeness (QED) is 0.742. The summed E-state index contributed by atoms with van der Waals surface area (Å²) in [7, 11) is 1.67. The van der Waals surface area contributed by atoms with Crippen molar-refractivity contribution in [3.8, 4) is 5.88 Å².